The van der Waals surface area contributed by atoms with Gasteiger partial charge >= 0.3 is 0 Å². The predicted octanol–water partition coefficient (Wildman–Crippen LogP) is 4.70. The summed E-state index contributed by atoms with van der Waals surface area (Å²) in [7, 11) is 0. The zero-order chi connectivity index (χ0) is 11.2. The van der Waals surface area contributed by atoms with Crippen LogP contribution in [0, 0.1) is 0 Å². The Bertz CT molecular complexity index is 445. The number of benzene rings is 1. The van der Waals surface area contributed by atoms with Gasteiger partial charge < -0.3 is 0 Å². The lowest BCUT2D eigenvalue weighted by molar-refractivity contribution is 0.345. The zero-order valence-electron chi connectivity index (χ0n) is 10.3. The number of allylic oxidation sites excluding steroid dienone is 2. The van der Waals surface area contributed by atoms with E-state index in [-0.39, 0.29) is 0 Å². The lowest BCUT2D eigenvalue weighted by atomic mass is 9.67. The Morgan fingerprint density at radius 2 is 1.62 bits per heavy atom. The quantitative estimate of drug-likeness (QED) is 0.585. The Morgan fingerprint density at radius 3 is 2.38 bits per heavy atom. The van der Waals surface area contributed by atoms with Gasteiger partial charge in [-0.3, -0.25) is 0 Å². The molecule has 0 heteroatoms. The minimum absolute atomic E-state index is 0.416. The van der Waals surface area contributed by atoms with E-state index in [0.717, 1.165) is 0 Å². The molecule has 1 saturated carbocycles. The van der Waals surface area contributed by atoms with Crippen molar-refractivity contribution in [3.05, 3.63) is 41.0 Å². The van der Waals surface area contributed by atoms with E-state index in [2.05, 4.69) is 38.1 Å². The van der Waals surface area contributed by atoms with Crippen molar-refractivity contribution in [2.75, 3.05) is 0 Å². The largest absolute Gasteiger partial charge is 0.0619 e. The third kappa shape index (κ3) is 1.16. The van der Waals surface area contributed by atoms with Gasteiger partial charge in [-0.25, -0.2) is 0 Å². The van der Waals surface area contributed by atoms with Crippen molar-refractivity contribution in [2.45, 2.75) is 51.4 Å². The van der Waals surface area contributed by atoms with Gasteiger partial charge in [0.1, 0.15) is 0 Å². The van der Waals surface area contributed by atoms with Crippen LogP contribution in [0.5, 0.6) is 0 Å². The fraction of sp³-hybridized carbons (Fsp3) is 0.500. The summed E-state index contributed by atoms with van der Waals surface area (Å²) in [6.07, 6.45) is 6.97. The standard InChI is InChI=1S/C16H20/c1-12-13(2)16(10-6-3-7-11-16)15-9-5-4-8-14(12)15/h4-5,8-9H,3,6-7,10-11H2,1-2H3. The molecular weight excluding hydrogens is 192 g/mol. The molecule has 0 amide bonds. The van der Waals surface area contributed by atoms with E-state index < -0.39 is 0 Å². The summed E-state index contributed by atoms with van der Waals surface area (Å²) in [6.45, 7) is 4.66. The van der Waals surface area contributed by atoms with E-state index in [1.807, 2.05) is 0 Å². The second-order valence-corrected chi connectivity index (χ2v) is 5.44. The van der Waals surface area contributed by atoms with E-state index in [1.54, 1.807) is 11.1 Å². The van der Waals surface area contributed by atoms with Gasteiger partial charge in [0.25, 0.3) is 0 Å². The Balaban J connectivity index is 2.19. The average Bonchev–Trinajstić information content (AvgIpc) is 2.55. The predicted molar refractivity (Wildman–Crippen MR) is 69.5 cm³/mol. The Morgan fingerprint density at radius 1 is 0.938 bits per heavy atom. The minimum Gasteiger partial charge on any atom is -0.0619 e. The van der Waals surface area contributed by atoms with Crippen LogP contribution in [-0.2, 0) is 5.41 Å². The van der Waals surface area contributed by atoms with Crippen LogP contribution in [0.1, 0.15) is 57.1 Å². The Hall–Kier alpha value is -1.04. The van der Waals surface area contributed by atoms with Crippen LogP contribution in [0.3, 0.4) is 0 Å². The molecule has 2 aliphatic rings. The number of fused-ring (bicyclic) bond motifs is 2. The number of hydrogen-bond donors (Lipinski definition) is 0. The van der Waals surface area contributed by atoms with Gasteiger partial charge in [0.2, 0.25) is 0 Å². The summed E-state index contributed by atoms with van der Waals surface area (Å²) in [4.78, 5) is 0. The van der Waals surface area contributed by atoms with Gasteiger partial charge in [0.05, 0.1) is 0 Å². The van der Waals surface area contributed by atoms with Crippen molar-refractivity contribution in [1.29, 1.82) is 0 Å². The van der Waals surface area contributed by atoms with Crippen molar-refractivity contribution in [3.63, 3.8) is 0 Å². The molecular formula is C16H20. The summed E-state index contributed by atoms with van der Waals surface area (Å²) in [5, 5.41) is 0. The highest BCUT2D eigenvalue weighted by Gasteiger charge is 2.41. The SMILES string of the molecule is CC1=C(C)C2(CCCCC2)c2ccccc21. The maximum Gasteiger partial charge on any atom is 0.0171 e. The van der Waals surface area contributed by atoms with Crippen LogP contribution < -0.4 is 0 Å². The topological polar surface area (TPSA) is 0 Å². The molecule has 0 saturated heterocycles. The number of rotatable bonds is 0. The van der Waals surface area contributed by atoms with Crippen LogP contribution in [0.2, 0.25) is 0 Å². The van der Waals surface area contributed by atoms with Crippen molar-refractivity contribution >= 4 is 5.57 Å². The summed E-state index contributed by atoms with van der Waals surface area (Å²) >= 11 is 0. The van der Waals surface area contributed by atoms with E-state index in [4.69, 9.17) is 0 Å². The monoisotopic (exact) mass is 212 g/mol. The molecule has 0 aliphatic heterocycles. The van der Waals surface area contributed by atoms with Gasteiger partial charge in [-0.15, -0.1) is 0 Å². The highest BCUT2D eigenvalue weighted by molar-refractivity contribution is 5.78. The summed E-state index contributed by atoms with van der Waals surface area (Å²) in [6, 6.07) is 9.05. The molecule has 0 atom stereocenters. The third-order valence-electron chi connectivity index (χ3n) is 4.83. The van der Waals surface area contributed by atoms with Gasteiger partial charge in [-0.05, 0) is 43.4 Å². The third-order valence-corrected chi connectivity index (χ3v) is 4.83. The zero-order valence-corrected chi connectivity index (χ0v) is 10.3. The minimum atomic E-state index is 0.416. The van der Waals surface area contributed by atoms with Gasteiger partial charge in [-0.1, -0.05) is 49.1 Å². The first-order valence-electron chi connectivity index (χ1n) is 6.53. The van der Waals surface area contributed by atoms with Crippen molar-refractivity contribution in [3.8, 4) is 0 Å². The van der Waals surface area contributed by atoms with Crippen molar-refractivity contribution < 1.29 is 0 Å². The van der Waals surface area contributed by atoms with E-state index in [9.17, 15) is 0 Å². The lowest BCUT2D eigenvalue weighted by Gasteiger charge is -2.36. The Kier molecular flexibility index (Phi) is 2.20. The first kappa shape index (κ1) is 10.1. The second-order valence-electron chi connectivity index (χ2n) is 5.44. The van der Waals surface area contributed by atoms with Gasteiger partial charge in [-0.2, -0.15) is 0 Å². The molecule has 0 aromatic heterocycles. The molecule has 1 aromatic rings. The first-order chi connectivity index (χ1) is 7.76. The van der Waals surface area contributed by atoms with Crippen molar-refractivity contribution in [2.24, 2.45) is 0 Å². The molecule has 1 aromatic carbocycles. The molecule has 0 heterocycles. The lowest BCUT2D eigenvalue weighted by Crippen LogP contribution is -2.28. The molecule has 1 spiro atoms. The molecule has 3 rings (SSSR count). The molecule has 0 nitrogen and oxygen atoms in total. The fourth-order valence-electron chi connectivity index (χ4n) is 3.79. The average molecular weight is 212 g/mol. The van der Waals surface area contributed by atoms with E-state index in [0.29, 0.717) is 5.41 Å². The smallest absolute Gasteiger partial charge is 0.0171 e. The molecule has 0 radical (unpaired) electrons. The van der Waals surface area contributed by atoms with Crippen LogP contribution >= 0.6 is 0 Å². The maximum atomic E-state index is 2.36. The Labute approximate surface area is 98.4 Å². The second kappa shape index (κ2) is 3.48. The molecule has 16 heavy (non-hydrogen) atoms. The normalized spacial score (nSPS) is 22.6. The van der Waals surface area contributed by atoms with Crippen molar-refractivity contribution in [1.82, 2.24) is 0 Å². The molecule has 1 fully saturated rings. The van der Waals surface area contributed by atoms with E-state index >= 15 is 0 Å². The molecule has 0 N–H and O–H groups in total. The molecule has 2 aliphatic carbocycles. The summed E-state index contributed by atoms with van der Waals surface area (Å²) in [5.41, 5.74) is 6.73. The summed E-state index contributed by atoms with van der Waals surface area (Å²) < 4.78 is 0. The maximum absolute atomic E-state index is 2.36. The molecule has 0 bridgehead atoms. The summed E-state index contributed by atoms with van der Waals surface area (Å²) in [5.74, 6) is 0. The highest BCUT2D eigenvalue weighted by Crippen LogP contribution is 2.53. The van der Waals surface area contributed by atoms with Gasteiger partial charge in [0, 0.05) is 5.41 Å². The van der Waals surface area contributed by atoms with E-state index in [1.165, 1.54) is 43.2 Å². The highest BCUT2D eigenvalue weighted by atomic mass is 14.4. The van der Waals surface area contributed by atoms with Crippen LogP contribution in [-0.4, -0.2) is 0 Å². The van der Waals surface area contributed by atoms with Crippen LogP contribution in [0.25, 0.3) is 5.57 Å². The van der Waals surface area contributed by atoms with Crippen LogP contribution in [0.4, 0.5) is 0 Å². The number of hydrogen-bond acceptors (Lipinski definition) is 0. The first-order valence-corrected chi connectivity index (χ1v) is 6.53. The van der Waals surface area contributed by atoms with Crippen LogP contribution in [0.15, 0.2) is 29.8 Å². The fourth-order valence-corrected chi connectivity index (χ4v) is 3.79. The molecule has 84 valence electrons. The molecule has 0 unspecified atom stereocenters. The van der Waals surface area contributed by atoms with Gasteiger partial charge in [0.15, 0.2) is 0 Å².